The number of aromatic nitrogens is 2. The molecule has 0 radical (unpaired) electrons. The smallest absolute Gasteiger partial charge is 0.246 e. The van der Waals surface area contributed by atoms with Crippen LogP contribution in [0.15, 0.2) is 42.7 Å². The molecule has 5 nitrogen and oxygen atoms in total. The molecule has 2 heterocycles. The molecule has 0 bridgehead atoms. The number of carbonyl (C=O) groups is 1. The minimum atomic E-state index is -0.945. The lowest BCUT2D eigenvalue weighted by molar-refractivity contribution is -0.136. The fourth-order valence-corrected chi connectivity index (χ4v) is 4.04. The Morgan fingerprint density at radius 1 is 1.10 bits per heavy atom. The Bertz CT molecular complexity index is 1060. The first-order valence-electron chi connectivity index (χ1n) is 9.76. The Morgan fingerprint density at radius 2 is 1.83 bits per heavy atom. The van der Waals surface area contributed by atoms with Gasteiger partial charge in [-0.05, 0) is 17.5 Å². The van der Waals surface area contributed by atoms with E-state index in [1.807, 2.05) is 44.0 Å². The van der Waals surface area contributed by atoms with Gasteiger partial charge in [0.1, 0.15) is 6.04 Å². The van der Waals surface area contributed by atoms with E-state index in [9.17, 15) is 13.6 Å². The number of carbonyl (C=O) groups excluding carboxylic acids is 1. The molecule has 4 rings (SSSR count). The monoisotopic (exact) mass is 398 g/mol. The summed E-state index contributed by atoms with van der Waals surface area (Å²) in [6.07, 6.45) is 1.50. The zero-order valence-corrected chi connectivity index (χ0v) is 16.8. The molecule has 0 spiro atoms. The van der Waals surface area contributed by atoms with Crippen molar-refractivity contribution in [3.8, 4) is 0 Å². The highest BCUT2D eigenvalue weighted by Crippen LogP contribution is 2.30. The molecular weight excluding hydrogens is 374 g/mol. The molecule has 0 saturated carbocycles. The van der Waals surface area contributed by atoms with E-state index in [0.29, 0.717) is 24.1 Å². The summed E-state index contributed by atoms with van der Waals surface area (Å²) in [5, 5.41) is 0. The van der Waals surface area contributed by atoms with E-state index in [4.69, 9.17) is 0 Å². The van der Waals surface area contributed by atoms with Crippen LogP contribution in [-0.2, 0) is 11.3 Å². The summed E-state index contributed by atoms with van der Waals surface area (Å²) in [7, 11) is 2.02. The summed E-state index contributed by atoms with van der Waals surface area (Å²) >= 11 is 0. The fourth-order valence-electron chi connectivity index (χ4n) is 4.04. The van der Waals surface area contributed by atoms with Gasteiger partial charge in [0.15, 0.2) is 11.6 Å². The normalized spacial score (nSPS) is 15.5. The molecule has 2 aromatic carbocycles. The highest BCUT2D eigenvalue weighted by molar-refractivity contribution is 5.84. The van der Waals surface area contributed by atoms with Crippen LogP contribution in [0.1, 0.15) is 25.5 Å². The Hall–Kier alpha value is -2.96. The summed E-state index contributed by atoms with van der Waals surface area (Å²) < 4.78 is 29.1. The van der Waals surface area contributed by atoms with Gasteiger partial charge >= 0.3 is 0 Å². The lowest BCUT2D eigenvalue weighted by Crippen LogP contribution is -2.40. The van der Waals surface area contributed by atoms with Gasteiger partial charge in [-0.15, -0.1) is 0 Å². The maximum absolute atomic E-state index is 13.9. The first kappa shape index (κ1) is 19.4. The van der Waals surface area contributed by atoms with Crippen LogP contribution >= 0.6 is 0 Å². The van der Waals surface area contributed by atoms with Gasteiger partial charge in [0, 0.05) is 44.5 Å². The van der Waals surface area contributed by atoms with Crippen molar-refractivity contribution in [2.24, 2.45) is 5.92 Å². The van der Waals surface area contributed by atoms with Crippen LogP contribution in [-0.4, -0.2) is 40.5 Å². The Balaban J connectivity index is 1.71. The Labute approximate surface area is 168 Å². The Morgan fingerprint density at radius 3 is 2.59 bits per heavy atom. The van der Waals surface area contributed by atoms with E-state index in [1.165, 1.54) is 6.33 Å². The van der Waals surface area contributed by atoms with Crippen molar-refractivity contribution in [1.29, 1.82) is 0 Å². The highest BCUT2D eigenvalue weighted by Gasteiger charge is 2.31. The van der Waals surface area contributed by atoms with E-state index < -0.39 is 17.7 Å². The van der Waals surface area contributed by atoms with Gasteiger partial charge in [-0.1, -0.05) is 32.0 Å². The zero-order chi connectivity index (χ0) is 20.7. The molecule has 29 heavy (non-hydrogen) atoms. The number of hydrogen-bond donors (Lipinski definition) is 0. The molecule has 1 unspecified atom stereocenters. The van der Waals surface area contributed by atoms with Crippen molar-refractivity contribution < 1.29 is 13.6 Å². The maximum atomic E-state index is 13.9. The fraction of sp³-hybridized carbons (Fsp3) is 0.364. The molecular formula is C22H24F2N4O. The molecule has 1 aliphatic heterocycles. The predicted octanol–water partition coefficient (Wildman–Crippen LogP) is 3.99. The largest absolute Gasteiger partial charge is 0.373 e. The van der Waals surface area contributed by atoms with Crippen LogP contribution < -0.4 is 4.90 Å². The quantitative estimate of drug-likeness (QED) is 0.670. The second kappa shape index (κ2) is 7.46. The van der Waals surface area contributed by atoms with Crippen LogP contribution in [0.3, 0.4) is 0 Å². The summed E-state index contributed by atoms with van der Waals surface area (Å²) in [4.78, 5) is 21.8. The third kappa shape index (κ3) is 3.45. The predicted molar refractivity (Wildman–Crippen MR) is 109 cm³/mol. The second-order valence-electron chi connectivity index (χ2n) is 7.91. The molecule has 0 fully saturated rings. The average molecular weight is 398 g/mol. The van der Waals surface area contributed by atoms with Gasteiger partial charge in [0.25, 0.3) is 0 Å². The van der Waals surface area contributed by atoms with Crippen LogP contribution in [0, 0.1) is 17.6 Å². The van der Waals surface area contributed by atoms with Gasteiger partial charge in [-0.3, -0.25) is 4.79 Å². The molecule has 3 aromatic rings. The van der Waals surface area contributed by atoms with Crippen molar-refractivity contribution in [1.82, 2.24) is 14.5 Å². The zero-order valence-electron chi connectivity index (χ0n) is 16.8. The topological polar surface area (TPSA) is 41.4 Å². The molecule has 1 aromatic heterocycles. The number of amides is 1. The van der Waals surface area contributed by atoms with E-state index >= 15 is 0 Å². The van der Waals surface area contributed by atoms with E-state index in [0.717, 1.165) is 29.9 Å². The second-order valence-corrected chi connectivity index (χ2v) is 7.91. The number of rotatable bonds is 3. The van der Waals surface area contributed by atoms with Gasteiger partial charge in [0.2, 0.25) is 5.91 Å². The molecule has 0 aliphatic carbocycles. The summed E-state index contributed by atoms with van der Waals surface area (Å²) in [6.45, 7) is 5.72. The minimum absolute atomic E-state index is 0.0471. The molecule has 7 heteroatoms. The molecule has 1 atom stereocenters. The Kier molecular flexibility index (Phi) is 4.98. The lowest BCUT2D eigenvalue weighted by Gasteiger charge is -2.29. The van der Waals surface area contributed by atoms with Crippen LogP contribution in [0.25, 0.3) is 11.0 Å². The van der Waals surface area contributed by atoms with Gasteiger partial charge in [0.05, 0.1) is 17.4 Å². The average Bonchev–Trinajstić information content (AvgIpc) is 2.98. The number of benzene rings is 2. The lowest BCUT2D eigenvalue weighted by atomic mass is 10.0. The van der Waals surface area contributed by atoms with E-state index in [-0.39, 0.29) is 11.8 Å². The number of imidazole rings is 1. The third-order valence-electron chi connectivity index (χ3n) is 5.58. The maximum Gasteiger partial charge on any atom is 0.246 e. The number of halogens is 2. The van der Waals surface area contributed by atoms with Crippen molar-refractivity contribution in [2.45, 2.75) is 26.4 Å². The summed E-state index contributed by atoms with van der Waals surface area (Å²) in [5.41, 5.74) is 2.97. The first-order valence-corrected chi connectivity index (χ1v) is 9.76. The van der Waals surface area contributed by atoms with Crippen molar-refractivity contribution in [3.05, 3.63) is 59.9 Å². The van der Waals surface area contributed by atoms with Crippen molar-refractivity contribution >= 4 is 22.6 Å². The number of likely N-dealkylation sites (N-methyl/N-ethyl adjacent to an activating group) is 1. The first-order chi connectivity index (χ1) is 13.9. The number of para-hydroxylation sites is 1. The van der Waals surface area contributed by atoms with Crippen molar-refractivity contribution in [2.75, 3.05) is 25.0 Å². The summed E-state index contributed by atoms with van der Waals surface area (Å²) in [6, 6.07) is 9.69. The van der Waals surface area contributed by atoms with Gasteiger partial charge < -0.3 is 14.4 Å². The van der Waals surface area contributed by atoms with E-state index in [2.05, 4.69) is 16.0 Å². The minimum Gasteiger partial charge on any atom is -0.373 e. The summed E-state index contributed by atoms with van der Waals surface area (Å²) in [5.74, 6) is -1.99. The van der Waals surface area contributed by atoms with E-state index in [1.54, 1.807) is 4.57 Å². The van der Waals surface area contributed by atoms with Crippen LogP contribution in [0.5, 0.6) is 0 Å². The number of hydrogen-bond acceptors (Lipinski definition) is 3. The molecule has 0 saturated heterocycles. The highest BCUT2D eigenvalue weighted by atomic mass is 19.2. The van der Waals surface area contributed by atoms with Crippen LogP contribution in [0.2, 0.25) is 0 Å². The SMILES string of the molecule is CC(C)C(C(=O)N1CCN(C)c2ccccc2C1)n1cnc2cc(F)c(F)cc21. The molecule has 1 amide bonds. The van der Waals surface area contributed by atoms with Crippen molar-refractivity contribution in [3.63, 3.8) is 0 Å². The third-order valence-corrected chi connectivity index (χ3v) is 5.58. The number of anilines is 1. The standard InChI is InChI=1S/C22H24F2N4O/c1-14(2)21(28-13-25-18-10-16(23)17(24)11-20(18)28)22(29)27-9-8-26(3)19-7-5-4-6-15(19)12-27/h4-7,10-11,13-14,21H,8-9,12H2,1-3H3. The van der Waals surface area contributed by atoms with Crippen LogP contribution in [0.4, 0.5) is 14.5 Å². The van der Waals surface area contributed by atoms with Gasteiger partial charge in [-0.25, -0.2) is 13.8 Å². The van der Waals surface area contributed by atoms with Gasteiger partial charge in [-0.2, -0.15) is 0 Å². The molecule has 0 N–H and O–H groups in total. The molecule has 1 aliphatic rings. The number of fused-ring (bicyclic) bond motifs is 2. The molecule has 152 valence electrons. The number of nitrogens with zero attached hydrogens (tertiary/aromatic N) is 4.